The number of halogens is 2. The van der Waals surface area contributed by atoms with Crippen molar-refractivity contribution in [1.29, 1.82) is 0 Å². The summed E-state index contributed by atoms with van der Waals surface area (Å²) in [5.41, 5.74) is 0.786. The maximum absolute atomic E-state index is 12.5. The number of rotatable bonds is 7. The SMILES string of the molecule is COc1cc(CN(C)CN2C(=O)[C@H]3CC=CC[C@@H]3C2=O)ccc1OC(F)F. The molecule has 0 N–H and O–H groups in total. The van der Waals surface area contributed by atoms with Crippen LogP contribution in [0.1, 0.15) is 18.4 Å². The molecule has 1 aliphatic heterocycles. The number of hydrogen-bond acceptors (Lipinski definition) is 5. The van der Waals surface area contributed by atoms with Crippen molar-refractivity contribution in [2.75, 3.05) is 20.8 Å². The molecule has 0 aromatic heterocycles. The van der Waals surface area contributed by atoms with E-state index in [-0.39, 0.29) is 41.8 Å². The molecule has 0 radical (unpaired) electrons. The number of carbonyl (C=O) groups excluding carboxylic acids is 2. The summed E-state index contributed by atoms with van der Waals surface area (Å²) in [6.07, 6.45) is 5.13. The Bertz CT molecular complexity index is 727. The summed E-state index contributed by atoms with van der Waals surface area (Å²) in [7, 11) is 3.16. The lowest BCUT2D eigenvalue weighted by molar-refractivity contribution is -0.142. The normalized spacial score (nSPS) is 21.9. The van der Waals surface area contributed by atoms with Crippen LogP contribution in [-0.4, -0.2) is 49.1 Å². The molecule has 1 saturated heterocycles. The zero-order valence-electron chi connectivity index (χ0n) is 15.2. The van der Waals surface area contributed by atoms with Gasteiger partial charge in [0.1, 0.15) is 0 Å². The van der Waals surface area contributed by atoms with E-state index in [9.17, 15) is 18.4 Å². The number of hydrogen-bond donors (Lipinski definition) is 0. The third-order valence-electron chi connectivity index (χ3n) is 4.88. The average molecular weight is 380 g/mol. The van der Waals surface area contributed by atoms with Crippen LogP contribution in [0.4, 0.5) is 8.78 Å². The number of methoxy groups -OCH3 is 1. The van der Waals surface area contributed by atoms with Gasteiger partial charge in [0.2, 0.25) is 11.8 Å². The van der Waals surface area contributed by atoms with E-state index < -0.39 is 6.61 Å². The van der Waals surface area contributed by atoms with Crippen LogP contribution in [0.15, 0.2) is 30.4 Å². The fourth-order valence-corrected chi connectivity index (χ4v) is 3.62. The number of benzene rings is 1. The Hall–Kier alpha value is -2.48. The number of alkyl halides is 2. The van der Waals surface area contributed by atoms with E-state index in [0.29, 0.717) is 19.4 Å². The Morgan fingerprint density at radius 3 is 2.33 bits per heavy atom. The third-order valence-corrected chi connectivity index (χ3v) is 4.88. The Kier molecular flexibility index (Phi) is 5.74. The van der Waals surface area contributed by atoms with E-state index in [2.05, 4.69) is 4.74 Å². The molecular weight excluding hydrogens is 358 g/mol. The molecule has 1 heterocycles. The molecular formula is C19H22F2N2O4. The summed E-state index contributed by atoms with van der Waals surface area (Å²) < 4.78 is 34.3. The minimum absolute atomic E-state index is 0.0413. The first-order chi connectivity index (χ1) is 12.9. The Morgan fingerprint density at radius 2 is 1.78 bits per heavy atom. The quantitative estimate of drug-likeness (QED) is 0.538. The van der Waals surface area contributed by atoms with Crippen molar-refractivity contribution in [2.45, 2.75) is 26.0 Å². The highest BCUT2D eigenvalue weighted by atomic mass is 19.3. The molecule has 0 spiro atoms. The molecule has 0 bridgehead atoms. The Balaban J connectivity index is 1.65. The fraction of sp³-hybridized carbons (Fsp3) is 0.474. The molecule has 2 amide bonds. The van der Waals surface area contributed by atoms with Gasteiger partial charge in [-0.2, -0.15) is 8.78 Å². The summed E-state index contributed by atoms with van der Waals surface area (Å²) in [4.78, 5) is 28.2. The number of ether oxygens (including phenoxy) is 2. The number of fused-ring (bicyclic) bond motifs is 1. The number of allylic oxidation sites excluding steroid dienone is 2. The van der Waals surface area contributed by atoms with Gasteiger partial charge in [-0.25, -0.2) is 0 Å². The van der Waals surface area contributed by atoms with E-state index in [1.807, 2.05) is 17.1 Å². The summed E-state index contributed by atoms with van der Waals surface area (Å²) in [6, 6.07) is 4.67. The molecule has 3 rings (SSSR count). The van der Waals surface area contributed by atoms with Crippen LogP contribution in [-0.2, 0) is 16.1 Å². The molecule has 0 unspecified atom stereocenters. The van der Waals surface area contributed by atoms with Crippen molar-refractivity contribution in [3.8, 4) is 11.5 Å². The van der Waals surface area contributed by atoms with Gasteiger partial charge >= 0.3 is 6.61 Å². The minimum Gasteiger partial charge on any atom is -0.493 e. The molecule has 146 valence electrons. The largest absolute Gasteiger partial charge is 0.493 e. The lowest BCUT2D eigenvalue weighted by atomic mass is 9.85. The van der Waals surface area contributed by atoms with Crippen molar-refractivity contribution in [3.05, 3.63) is 35.9 Å². The van der Waals surface area contributed by atoms with Crippen LogP contribution in [0.3, 0.4) is 0 Å². The molecule has 1 aliphatic carbocycles. The molecule has 1 aromatic rings. The van der Waals surface area contributed by atoms with Crippen molar-refractivity contribution < 1.29 is 27.8 Å². The summed E-state index contributed by atoms with van der Waals surface area (Å²) in [5, 5.41) is 0. The number of imide groups is 1. The molecule has 1 fully saturated rings. The first-order valence-corrected chi connectivity index (χ1v) is 8.71. The van der Waals surface area contributed by atoms with Crippen LogP contribution in [0.25, 0.3) is 0 Å². The molecule has 1 aromatic carbocycles. The second-order valence-corrected chi connectivity index (χ2v) is 6.78. The van der Waals surface area contributed by atoms with Crippen LogP contribution in [0, 0.1) is 11.8 Å². The molecule has 8 heteroatoms. The highest BCUT2D eigenvalue weighted by Crippen LogP contribution is 2.35. The predicted molar refractivity (Wildman–Crippen MR) is 93.2 cm³/mol. The topological polar surface area (TPSA) is 59.1 Å². The summed E-state index contributed by atoms with van der Waals surface area (Å²) in [5.74, 6) is -0.588. The standard InChI is InChI=1S/C19H22F2N2O4/c1-22(10-12-7-8-15(27-19(20)21)16(9-12)26-2)11-23-17(24)13-5-3-4-6-14(13)18(23)25/h3-4,7-9,13-14,19H,5-6,10-11H2,1-2H3/t13-,14-/m0/s1. The third kappa shape index (κ3) is 4.10. The zero-order valence-corrected chi connectivity index (χ0v) is 15.2. The highest BCUT2D eigenvalue weighted by molar-refractivity contribution is 6.05. The highest BCUT2D eigenvalue weighted by Gasteiger charge is 2.47. The molecule has 0 saturated carbocycles. The number of carbonyl (C=O) groups is 2. The second kappa shape index (κ2) is 8.04. The predicted octanol–water partition coefficient (Wildman–Crippen LogP) is 2.64. The van der Waals surface area contributed by atoms with E-state index in [1.54, 1.807) is 19.2 Å². The number of likely N-dealkylation sites (tertiary alicyclic amines) is 1. The lowest BCUT2D eigenvalue weighted by Gasteiger charge is -2.23. The average Bonchev–Trinajstić information content (AvgIpc) is 2.88. The first-order valence-electron chi connectivity index (χ1n) is 8.71. The Morgan fingerprint density at radius 1 is 1.15 bits per heavy atom. The summed E-state index contributed by atoms with van der Waals surface area (Å²) >= 11 is 0. The van der Waals surface area contributed by atoms with Gasteiger partial charge in [-0.05, 0) is 37.6 Å². The first kappa shape index (κ1) is 19.3. The van der Waals surface area contributed by atoms with Gasteiger partial charge in [0.25, 0.3) is 0 Å². The Labute approximate surface area is 156 Å². The van der Waals surface area contributed by atoms with E-state index in [1.165, 1.54) is 18.1 Å². The van der Waals surface area contributed by atoms with Gasteiger partial charge in [-0.3, -0.25) is 19.4 Å². The summed E-state index contributed by atoms with van der Waals surface area (Å²) in [6.45, 7) is -2.34. The second-order valence-electron chi connectivity index (χ2n) is 6.78. The number of nitrogens with zero attached hydrogens (tertiary/aromatic N) is 2. The van der Waals surface area contributed by atoms with Gasteiger partial charge < -0.3 is 9.47 Å². The van der Waals surface area contributed by atoms with Crippen LogP contribution in [0.5, 0.6) is 11.5 Å². The monoisotopic (exact) mass is 380 g/mol. The van der Waals surface area contributed by atoms with Gasteiger partial charge in [0.05, 0.1) is 25.6 Å². The van der Waals surface area contributed by atoms with Gasteiger partial charge in [-0.1, -0.05) is 18.2 Å². The molecule has 2 atom stereocenters. The molecule has 2 aliphatic rings. The lowest BCUT2D eigenvalue weighted by Crippen LogP contribution is -2.40. The number of amides is 2. The van der Waals surface area contributed by atoms with Crippen molar-refractivity contribution in [2.24, 2.45) is 11.8 Å². The van der Waals surface area contributed by atoms with Crippen LogP contribution >= 0.6 is 0 Å². The molecule has 27 heavy (non-hydrogen) atoms. The van der Waals surface area contributed by atoms with Crippen molar-refractivity contribution in [1.82, 2.24) is 9.80 Å². The smallest absolute Gasteiger partial charge is 0.387 e. The molecule has 6 nitrogen and oxygen atoms in total. The zero-order chi connectivity index (χ0) is 19.6. The van der Waals surface area contributed by atoms with Crippen LogP contribution < -0.4 is 9.47 Å². The van der Waals surface area contributed by atoms with Crippen molar-refractivity contribution in [3.63, 3.8) is 0 Å². The van der Waals surface area contributed by atoms with Gasteiger partial charge in [-0.15, -0.1) is 0 Å². The van der Waals surface area contributed by atoms with Crippen molar-refractivity contribution >= 4 is 11.8 Å². The maximum Gasteiger partial charge on any atom is 0.387 e. The van der Waals surface area contributed by atoms with Gasteiger partial charge in [0, 0.05) is 6.54 Å². The fourth-order valence-electron chi connectivity index (χ4n) is 3.62. The van der Waals surface area contributed by atoms with E-state index >= 15 is 0 Å². The van der Waals surface area contributed by atoms with Gasteiger partial charge in [0.15, 0.2) is 11.5 Å². The maximum atomic E-state index is 12.5. The minimum atomic E-state index is -2.93. The van der Waals surface area contributed by atoms with E-state index in [4.69, 9.17) is 4.74 Å². The van der Waals surface area contributed by atoms with Crippen LogP contribution in [0.2, 0.25) is 0 Å². The van der Waals surface area contributed by atoms with E-state index in [0.717, 1.165) is 5.56 Å².